The molecule has 0 radical (unpaired) electrons. The van der Waals surface area contributed by atoms with Crippen LogP contribution < -0.4 is 5.73 Å². The molecule has 1 saturated heterocycles. The molecule has 0 atom stereocenters. The van der Waals surface area contributed by atoms with Gasteiger partial charge in [0, 0.05) is 52.5 Å². The number of nitrogen functional groups attached to an aromatic ring is 1. The number of halogens is 1. The maximum absolute atomic E-state index is 11.2. The molecule has 1 amide bonds. The van der Waals surface area contributed by atoms with Crippen LogP contribution in [0.25, 0.3) is 33.3 Å². The number of benzene rings is 1. The van der Waals surface area contributed by atoms with E-state index in [0.717, 1.165) is 57.4 Å². The maximum Gasteiger partial charge on any atom is 0.407 e. The van der Waals surface area contributed by atoms with Crippen molar-refractivity contribution < 1.29 is 9.90 Å². The maximum atomic E-state index is 11.2. The van der Waals surface area contributed by atoms with E-state index in [1.54, 1.807) is 18.5 Å². The van der Waals surface area contributed by atoms with Gasteiger partial charge >= 0.3 is 6.09 Å². The molecule has 1 saturated carbocycles. The standard InChI is InChI=1S/C24H24ClN7O2/c1-12-5-17-16(9-28-29-17)20(21(12)25)19-13(2)32(30-22(19)14-3-4-18(26)27-8-14)15-6-24(7-15)10-31(11-24)23(33)34/h3-5,8-9,15H,6-7,10-11H2,1-2H3,(H2,26,27)(H,28,29)(H,33,34). The van der Waals surface area contributed by atoms with E-state index in [9.17, 15) is 9.90 Å². The number of rotatable bonds is 3. The number of nitrogens with two attached hydrogens (primary N) is 1. The van der Waals surface area contributed by atoms with Gasteiger partial charge in [-0.25, -0.2) is 9.78 Å². The molecule has 6 rings (SSSR count). The van der Waals surface area contributed by atoms with E-state index in [0.29, 0.717) is 23.9 Å². The summed E-state index contributed by atoms with van der Waals surface area (Å²) in [5.74, 6) is 0.446. The average molecular weight is 478 g/mol. The molecule has 1 aromatic carbocycles. The van der Waals surface area contributed by atoms with Crippen LogP contribution >= 0.6 is 11.6 Å². The second-order valence-corrected chi connectivity index (χ2v) is 10.0. The smallest absolute Gasteiger partial charge is 0.407 e. The van der Waals surface area contributed by atoms with Crippen LogP contribution in [0.1, 0.15) is 30.1 Å². The van der Waals surface area contributed by atoms with Crippen LogP contribution in [0.5, 0.6) is 0 Å². The van der Waals surface area contributed by atoms with Gasteiger partial charge in [0.15, 0.2) is 0 Å². The summed E-state index contributed by atoms with van der Waals surface area (Å²) in [7, 11) is 0. The number of carbonyl (C=O) groups is 1. The summed E-state index contributed by atoms with van der Waals surface area (Å²) in [6.45, 7) is 5.24. The summed E-state index contributed by atoms with van der Waals surface area (Å²) >= 11 is 6.90. The summed E-state index contributed by atoms with van der Waals surface area (Å²) in [6.07, 6.45) is 4.50. The van der Waals surface area contributed by atoms with Crippen LogP contribution in [-0.2, 0) is 0 Å². The lowest BCUT2D eigenvalue weighted by Gasteiger charge is -2.58. The average Bonchev–Trinajstić information content (AvgIpc) is 3.32. The van der Waals surface area contributed by atoms with Gasteiger partial charge in [0.2, 0.25) is 0 Å². The first-order valence-corrected chi connectivity index (χ1v) is 11.6. The van der Waals surface area contributed by atoms with Crippen LogP contribution in [0.15, 0.2) is 30.6 Å². The number of aromatic amines is 1. The highest BCUT2D eigenvalue weighted by Crippen LogP contribution is 2.55. The van der Waals surface area contributed by atoms with Crippen LogP contribution in [0.2, 0.25) is 5.02 Å². The number of likely N-dealkylation sites (tertiary alicyclic amines) is 1. The lowest BCUT2D eigenvalue weighted by molar-refractivity contribution is -0.0775. The van der Waals surface area contributed by atoms with E-state index in [4.69, 9.17) is 22.4 Å². The van der Waals surface area contributed by atoms with Crippen LogP contribution in [0, 0.1) is 19.3 Å². The Morgan fingerprint density at radius 2 is 2.00 bits per heavy atom. The minimum atomic E-state index is -0.844. The predicted molar refractivity (Wildman–Crippen MR) is 130 cm³/mol. The molecule has 2 fully saturated rings. The molecule has 174 valence electrons. The van der Waals surface area contributed by atoms with Gasteiger partial charge in [0.25, 0.3) is 0 Å². The van der Waals surface area contributed by atoms with Crippen molar-refractivity contribution in [3.63, 3.8) is 0 Å². The SMILES string of the molecule is Cc1cc2[nH]ncc2c(-c2c(-c3ccc(N)nc3)nn(C3CC4(C3)CN(C(=O)O)C4)c2C)c1Cl. The van der Waals surface area contributed by atoms with Crippen molar-refractivity contribution in [2.75, 3.05) is 18.8 Å². The fraction of sp³-hybridized carbons (Fsp3) is 0.333. The van der Waals surface area contributed by atoms with E-state index < -0.39 is 6.09 Å². The van der Waals surface area contributed by atoms with E-state index in [1.807, 2.05) is 19.1 Å². The number of amides is 1. The number of carboxylic acid groups (broad SMARTS) is 1. The highest BCUT2D eigenvalue weighted by molar-refractivity contribution is 6.36. The Labute approximate surface area is 200 Å². The minimum absolute atomic E-state index is 0.0727. The van der Waals surface area contributed by atoms with Crippen molar-refractivity contribution in [2.24, 2.45) is 5.41 Å². The molecule has 4 N–H and O–H groups in total. The number of pyridine rings is 1. The second kappa shape index (κ2) is 7.20. The van der Waals surface area contributed by atoms with Crippen molar-refractivity contribution in [3.8, 4) is 22.4 Å². The van der Waals surface area contributed by atoms with Gasteiger partial charge in [0.05, 0.1) is 22.8 Å². The van der Waals surface area contributed by atoms with Gasteiger partial charge < -0.3 is 15.7 Å². The molecule has 9 nitrogen and oxygen atoms in total. The number of nitrogens with one attached hydrogen (secondary N) is 1. The summed E-state index contributed by atoms with van der Waals surface area (Å²) in [5, 5.41) is 23.2. The zero-order chi connectivity index (χ0) is 23.8. The molecule has 1 aliphatic carbocycles. The molecule has 1 spiro atoms. The van der Waals surface area contributed by atoms with Crippen molar-refractivity contribution >= 4 is 34.4 Å². The van der Waals surface area contributed by atoms with E-state index in [-0.39, 0.29) is 11.5 Å². The summed E-state index contributed by atoms with van der Waals surface area (Å²) < 4.78 is 2.08. The zero-order valence-electron chi connectivity index (χ0n) is 18.8. The first-order valence-electron chi connectivity index (χ1n) is 11.2. The number of nitrogens with zero attached hydrogens (tertiary/aromatic N) is 5. The Bertz CT molecular complexity index is 1440. The third kappa shape index (κ3) is 3.00. The van der Waals surface area contributed by atoms with Crippen LogP contribution in [-0.4, -0.2) is 54.2 Å². The number of aryl methyl sites for hydroxylation is 1. The molecular formula is C24H24ClN7O2. The lowest BCUT2D eigenvalue weighted by Crippen LogP contribution is -2.63. The minimum Gasteiger partial charge on any atom is -0.465 e. The molecule has 0 bridgehead atoms. The Balaban J connectivity index is 1.48. The number of H-pyrrole nitrogens is 1. The van der Waals surface area contributed by atoms with Gasteiger partial charge in [-0.1, -0.05) is 11.6 Å². The van der Waals surface area contributed by atoms with Crippen molar-refractivity contribution in [3.05, 3.63) is 46.9 Å². The molecule has 34 heavy (non-hydrogen) atoms. The quantitative estimate of drug-likeness (QED) is 0.394. The molecule has 0 unspecified atom stereocenters. The van der Waals surface area contributed by atoms with Crippen LogP contribution in [0.3, 0.4) is 0 Å². The molecule has 10 heteroatoms. The first kappa shape index (κ1) is 21.0. The van der Waals surface area contributed by atoms with Crippen molar-refractivity contribution in [2.45, 2.75) is 32.7 Å². The third-order valence-electron chi connectivity index (χ3n) is 7.33. The third-order valence-corrected chi connectivity index (χ3v) is 7.82. The number of fused-ring (bicyclic) bond motifs is 1. The Hall–Kier alpha value is -3.59. The topological polar surface area (TPSA) is 126 Å². The van der Waals surface area contributed by atoms with E-state index in [1.165, 1.54) is 4.90 Å². The molecule has 1 aliphatic heterocycles. The number of hydrogen-bond donors (Lipinski definition) is 3. The van der Waals surface area contributed by atoms with Gasteiger partial charge in [-0.05, 0) is 50.5 Å². The second-order valence-electron chi connectivity index (χ2n) is 9.64. The number of aromatic nitrogens is 5. The summed E-state index contributed by atoms with van der Waals surface area (Å²) in [4.78, 5) is 17.0. The van der Waals surface area contributed by atoms with Gasteiger partial charge in [-0.15, -0.1) is 0 Å². The molecular weight excluding hydrogens is 454 g/mol. The van der Waals surface area contributed by atoms with E-state index in [2.05, 4.69) is 26.8 Å². The van der Waals surface area contributed by atoms with Crippen LogP contribution in [0.4, 0.5) is 10.6 Å². The summed E-state index contributed by atoms with van der Waals surface area (Å²) in [6, 6.07) is 5.89. The zero-order valence-corrected chi connectivity index (χ0v) is 19.6. The largest absolute Gasteiger partial charge is 0.465 e. The Morgan fingerprint density at radius 3 is 2.68 bits per heavy atom. The van der Waals surface area contributed by atoms with E-state index >= 15 is 0 Å². The summed E-state index contributed by atoms with van der Waals surface area (Å²) in [5.41, 5.74) is 12.3. The van der Waals surface area contributed by atoms with Gasteiger partial charge in [-0.3, -0.25) is 9.78 Å². The fourth-order valence-electron chi connectivity index (χ4n) is 5.64. The molecule has 4 aromatic rings. The predicted octanol–water partition coefficient (Wildman–Crippen LogP) is 4.66. The monoisotopic (exact) mass is 477 g/mol. The first-order chi connectivity index (χ1) is 16.3. The van der Waals surface area contributed by atoms with Crippen molar-refractivity contribution in [1.82, 2.24) is 29.9 Å². The number of anilines is 1. The lowest BCUT2D eigenvalue weighted by atomic mass is 9.61. The highest BCUT2D eigenvalue weighted by atomic mass is 35.5. The van der Waals surface area contributed by atoms with Gasteiger partial charge in [0.1, 0.15) is 11.5 Å². The highest BCUT2D eigenvalue weighted by Gasteiger charge is 2.55. The van der Waals surface area contributed by atoms with Crippen molar-refractivity contribution in [1.29, 1.82) is 0 Å². The number of hydrogen-bond acceptors (Lipinski definition) is 5. The molecule has 2 aliphatic rings. The molecule has 3 aromatic heterocycles. The normalized spacial score (nSPS) is 17.2. The Morgan fingerprint density at radius 1 is 1.24 bits per heavy atom. The fourth-order valence-corrected chi connectivity index (χ4v) is 5.89. The molecule has 4 heterocycles. The Kier molecular flexibility index (Phi) is 4.44. The van der Waals surface area contributed by atoms with Gasteiger partial charge in [-0.2, -0.15) is 10.2 Å².